The van der Waals surface area contributed by atoms with Gasteiger partial charge in [0.1, 0.15) is 5.82 Å². The molecule has 1 aromatic carbocycles. The molecule has 0 saturated carbocycles. The molecule has 0 spiro atoms. The Morgan fingerprint density at radius 3 is 2.63 bits per heavy atom. The highest BCUT2D eigenvalue weighted by Crippen LogP contribution is 2.20. The fourth-order valence-electron chi connectivity index (χ4n) is 2.02. The van der Waals surface area contributed by atoms with Crippen molar-refractivity contribution >= 4 is 5.91 Å². The first-order valence-electron chi connectivity index (χ1n) is 6.41. The van der Waals surface area contributed by atoms with Crippen LogP contribution in [0.1, 0.15) is 38.7 Å². The van der Waals surface area contributed by atoms with Crippen molar-refractivity contribution in [1.29, 1.82) is 0 Å². The molecule has 4 heteroatoms. The number of rotatable bonds is 5. The van der Waals surface area contributed by atoms with Gasteiger partial charge in [-0.2, -0.15) is 0 Å². The van der Waals surface area contributed by atoms with Crippen molar-refractivity contribution in [1.82, 2.24) is 4.90 Å². The van der Waals surface area contributed by atoms with Gasteiger partial charge in [0.2, 0.25) is 5.91 Å². The quantitative estimate of drug-likeness (QED) is 0.890. The number of benzene rings is 1. The molecule has 106 valence electrons. The smallest absolute Gasteiger partial charge is 0.223 e. The predicted octanol–water partition coefficient (Wildman–Crippen LogP) is 2.55. The average Bonchev–Trinajstić information content (AvgIpc) is 2.26. The zero-order valence-electron chi connectivity index (χ0n) is 12.0. The Morgan fingerprint density at radius 2 is 2.11 bits per heavy atom. The monoisotopic (exact) mass is 267 g/mol. The molecule has 0 aliphatic heterocycles. The summed E-state index contributed by atoms with van der Waals surface area (Å²) in [6.45, 7) is 5.49. The van der Waals surface area contributed by atoms with E-state index in [1.54, 1.807) is 27.0 Å². The SMILES string of the molecule is CC(CC(=O)N(C)CC(C)(C)O)c1cccc(F)c1. The first-order chi connectivity index (χ1) is 8.69. The maximum absolute atomic E-state index is 13.1. The van der Waals surface area contributed by atoms with Crippen LogP contribution in [0.3, 0.4) is 0 Å². The Balaban J connectivity index is 2.61. The Hall–Kier alpha value is -1.42. The van der Waals surface area contributed by atoms with Crippen LogP contribution in [-0.2, 0) is 4.79 Å². The van der Waals surface area contributed by atoms with E-state index in [9.17, 15) is 14.3 Å². The lowest BCUT2D eigenvalue weighted by atomic mass is 9.97. The molecule has 0 aliphatic carbocycles. The highest BCUT2D eigenvalue weighted by atomic mass is 19.1. The molecular weight excluding hydrogens is 245 g/mol. The molecular formula is C15H22FNO2. The average molecular weight is 267 g/mol. The zero-order chi connectivity index (χ0) is 14.6. The van der Waals surface area contributed by atoms with E-state index in [0.717, 1.165) is 5.56 Å². The van der Waals surface area contributed by atoms with Gasteiger partial charge in [0.05, 0.1) is 5.60 Å². The molecule has 1 atom stereocenters. The highest BCUT2D eigenvalue weighted by molar-refractivity contribution is 5.76. The second-order valence-electron chi connectivity index (χ2n) is 5.72. The molecule has 1 aromatic rings. The van der Waals surface area contributed by atoms with E-state index in [-0.39, 0.29) is 24.2 Å². The lowest BCUT2D eigenvalue weighted by Gasteiger charge is -2.26. The second-order valence-corrected chi connectivity index (χ2v) is 5.72. The molecule has 0 aromatic heterocycles. The van der Waals surface area contributed by atoms with Crippen LogP contribution in [0.4, 0.5) is 4.39 Å². The van der Waals surface area contributed by atoms with Crippen LogP contribution in [0.2, 0.25) is 0 Å². The van der Waals surface area contributed by atoms with Gasteiger partial charge in [-0.05, 0) is 37.5 Å². The minimum absolute atomic E-state index is 0.0487. The van der Waals surface area contributed by atoms with Crippen molar-refractivity contribution in [2.24, 2.45) is 0 Å². The second kappa shape index (κ2) is 6.15. The lowest BCUT2D eigenvalue weighted by molar-refractivity contribution is -0.132. The summed E-state index contributed by atoms with van der Waals surface area (Å²) in [7, 11) is 1.67. The summed E-state index contributed by atoms with van der Waals surface area (Å²) in [6, 6.07) is 6.30. The van der Waals surface area contributed by atoms with Crippen molar-refractivity contribution in [3.05, 3.63) is 35.6 Å². The Bertz CT molecular complexity index is 440. The van der Waals surface area contributed by atoms with Gasteiger partial charge >= 0.3 is 0 Å². The van der Waals surface area contributed by atoms with Crippen molar-refractivity contribution < 1.29 is 14.3 Å². The molecule has 1 N–H and O–H groups in total. The number of aliphatic hydroxyl groups is 1. The molecule has 0 radical (unpaired) electrons. The minimum Gasteiger partial charge on any atom is -0.389 e. The molecule has 0 aliphatic rings. The molecule has 0 fully saturated rings. The first kappa shape index (κ1) is 15.6. The molecule has 0 bridgehead atoms. The summed E-state index contributed by atoms with van der Waals surface area (Å²) in [5.41, 5.74) is -0.100. The van der Waals surface area contributed by atoms with E-state index in [0.29, 0.717) is 6.42 Å². The highest BCUT2D eigenvalue weighted by Gasteiger charge is 2.21. The number of halogens is 1. The van der Waals surface area contributed by atoms with Gasteiger partial charge in [-0.3, -0.25) is 4.79 Å². The maximum Gasteiger partial charge on any atom is 0.223 e. The van der Waals surface area contributed by atoms with E-state index in [2.05, 4.69) is 0 Å². The van der Waals surface area contributed by atoms with E-state index in [1.165, 1.54) is 17.0 Å². The standard InChI is InChI=1S/C15H22FNO2/c1-11(12-6-5-7-13(16)9-12)8-14(18)17(4)10-15(2,3)19/h5-7,9,11,19H,8,10H2,1-4H3. The summed E-state index contributed by atoms with van der Waals surface area (Å²) in [4.78, 5) is 13.5. The van der Waals surface area contributed by atoms with Crippen LogP contribution in [0.5, 0.6) is 0 Å². The summed E-state index contributed by atoms with van der Waals surface area (Å²) in [6.07, 6.45) is 0.302. The Labute approximate surface area is 114 Å². The van der Waals surface area contributed by atoms with Crippen LogP contribution in [0.25, 0.3) is 0 Å². The fraction of sp³-hybridized carbons (Fsp3) is 0.533. The number of hydrogen-bond acceptors (Lipinski definition) is 2. The van der Waals surface area contributed by atoms with Gasteiger partial charge in [0.25, 0.3) is 0 Å². The van der Waals surface area contributed by atoms with Gasteiger partial charge in [-0.1, -0.05) is 19.1 Å². The summed E-state index contributed by atoms with van der Waals surface area (Å²) in [5, 5.41) is 9.68. The number of hydrogen-bond donors (Lipinski definition) is 1. The Morgan fingerprint density at radius 1 is 1.47 bits per heavy atom. The number of carbonyl (C=O) groups excluding carboxylic acids is 1. The molecule has 3 nitrogen and oxygen atoms in total. The van der Waals surface area contributed by atoms with Gasteiger partial charge in [-0.15, -0.1) is 0 Å². The number of likely N-dealkylation sites (N-methyl/N-ethyl adjacent to an activating group) is 1. The van der Waals surface area contributed by atoms with Crippen molar-refractivity contribution in [2.75, 3.05) is 13.6 Å². The van der Waals surface area contributed by atoms with Crippen LogP contribution in [0, 0.1) is 5.82 Å². The van der Waals surface area contributed by atoms with Crippen molar-refractivity contribution in [3.63, 3.8) is 0 Å². The van der Waals surface area contributed by atoms with E-state index in [4.69, 9.17) is 0 Å². The van der Waals surface area contributed by atoms with E-state index < -0.39 is 5.60 Å². The fourth-order valence-corrected chi connectivity index (χ4v) is 2.02. The van der Waals surface area contributed by atoms with Gasteiger partial charge in [0.15, 0.2) is 0 Å². The topological polar surface area (TPSA) is 40.5 Å². The number of nitrogens with zero attached hydrogens (tertiary/aromatic N) is 1. The van der Waals surface area contributed by atoms with E-state index in [1.807, 2.05) is 13.0 Å². The van der Waals surface area contributed by atoms with Crippen LogP contribution >= 0.6 is 0 Å². The van der Waals surface area contributed by atoms with Crippen LogP contribution < -0.4 is 0 Å². The molecule has 0 heterocycles. The van der Waals surface area contributed by atoms with Gasteiger partial charge in [0, 0.05) is 20.0 Å². The summed E-state index contributed by atoms with van der Waals surface area (Å²) < 4.78 is 13.1. The van der Waals surface area contributed by atoms with Crippen LogP contribution in [0.15, 0.2) is 24.3 Å². The van der Waals surface area contributed by atoms with Crippen molar-refractivity contribution in [2.45, 2.75) is 38.7 Å². The van der Waals surface area contributed by atoms with E-state index >= 15 is 0 Å². The molecule has 19 heavy (non-hydrogen) atoms. The van der Waals surface area contributed by atoms with Crippen molar-refractivity contribution in [3.8, 4) is 0 Å². The third-order valence-electron chi connectivity index (χ3n) is 2.95. The number of amides is 1. The van der Waals surface area contributed by atoms with Gasteiger partial charge < -0.3 is 10.0 Å². The predicted molar refractivity (Wildman–Crippen MR) is 73.4 cm³/mol. The zero-order valence-corrected chi connectivity index (χ0v) is 12.0. The lowest BCUT2D eigenvalue weighted by Crippen LogP contribution is -2.40. The normalized spacial score (nSPS) is 13.2. The molecule has 1 rings (SSSR count). The third kappa shape index (κ3) is 5.39. The largest absolute Gasteiger partial charge is 0.389 e. The summed E-state index contributed by atoms with van der Waals surface area (Å²) in [5.74, 6) is -0.395. The van der Waals surface area contributed by atoms with Crippen LogP contribution in [-0.4, -0.2) is 35.1 Å². The third-order valence-corrected chi connectivity index (χ3v) is 2.95. The molecule has 1 unspecified atom stereocenters. The molecule has 1 amide bonds. The minimum atomic E-state index is -0.910. The maximum atomic E-state index is 13.1. The van der Waals surface area contributed by atoms with Gasteiger partial charge in [-0.25, -0.2) is 4.39 Å². The number of carbonyl (C=O) groups is 1. The summed E-state index contributed by atoms with van der Waals surface area (Å²) >= 11 is 0. The Kier molecular flexibility index (Phi) is 5.06. The first-order valence-corrected chi connectivity index (χ1v) is 6.41. The molecule has 0 saturated heterocycles.